The van der Waals surface area contributed by atoms with E-state index in [0.717, 1.165) is 12.8 Å². The summed E-state index contributed by atoms with van der Waals surface area (Å²) in [7, 11) is 0. The third kappa shape index (κ3) is 12.2. The number of hydrogen-bond donors (Lipinski definition) is 3. The Morgan fingerprint density at radius 3 is 2.09 bits per heavy atom. The van der Waals surface area contributed by atoms with E-state index in [0.29, 0.717) is 6.42 Å². The van der Waals surface area contributed by atoms with Gasteiger partial charge in [0.2, 0.25) is 11.8 Å². The topological polar surface area (TPSA) is 95.5 Å². The van der Waals surface area contributed by atoms with Crippen LogP contribution in [0.15, 0.2) is 0 Å². The number of unbranched alkanes of at least 4 members (excludes halogenated alkanes) is 6. The lowest BCUT2D eigenvalue weighted by Crippen LogP contribution is -2.39. The normalized spacial score (nSPS) is 11.7. The van der Waals surface area contributed by atoms with Crippen molar-refractivity contribution in [2.75, 3.05) is 6.54 Å². The van der Waals surface area contributed by atoms with E-state index in [1.165, 1.54) is 39.0 Å². The number of carboxylic acids is 1. The first kappa shape index (κ1) is 20.4. The van der Waals surface area contributed by atoms with Gasteiger partial charge in [0, 0.05) is 19.4 Å². The van der Waals surface area contributed by atoms with Crippen LogP contribution >= 0.6 is 0 Å². The second-order valence-electron chi connectivity index (χ2n) is 5.60. The molecule has 2 amide bonds. The highest BCUT2D eigenvalue weighted by Crippen LogP contribution is 2.08. The minimum atomic E-state index is -1.07. The standard InChI is InChI=1S/C16H30N2O4/c1-3-4-5-6-7-8-9-10-14(19)17-12-11-15(20)18-13(2)16(21)22/h13H,3-12H2,1-2H3,(H,17,19)(H,18,20)(H,21,22). The van der Waals surface area contributed by atoms with E-state index >= 15 is 0 Å². The average Bonchev–Trinajstić information content (AvgIpc) is 2.46. The molecule has 0 spiro atoms. The zero-order valence-electron chi connectivity index (χ0n) is 13.8. The van der Waals surface area contributed by atoms with Crippen LogP contribution in [-0.2, 0) is 14.4 Å². The smallest absolute Gasteiger partial charge is 0.325 e. The molecule has 0 aliphatic carbocycles. The molecule has 0 aromatic carbocycles. The molecule has 3 N–H and O–H groups in total. The van der Waals surface area contributed by atoms with Crippen molar-refractivity contribution in [3.05, 3.63) is 0 Å². The average molecular weight is 314 g/mol. The highest BCUT2D eigenvalue weighted by molar-refractivity contribution is 5.83. The van der Waals surface area contributed by atoms with Gasteiger partial charge >= 0.3 is 5.97 Å². The van der Waals surface area contributed by atoms with Crippen molar-refractivity contribution in [3.8, 4) is 0 Å². The molecule has 0 heterocycles. The monoisotopic (exact) mass is 314 g/mol. The van der Waals surface area contributed by atoms with Crippen molar-refractivity contribution in [2.45, 2.75) is 77.7 Å². The van der Waals surface area contributed by atoms with Gasteiger partial charge in [-0.1, -0.05) is 45.4 Å². The van der Waals surface area contributed by atoms with Crippen molar-refractivity contribution in [2.24, 2.45) is 0 Å². The molecule has 22 heavy (non-hydrogen) atoms. The first-order valence-corrected chi connectivity index (χ1v) is 8.26. The molecule has 1 unspecified atom stereocenters. The zero-order chi connectivity index (χ0) is 16.8. The van der Waals surface area contributed by atoms with Crippen LogP contribution in [0.5, 0.6) is 0 Å². The van der Waals surface area contributed by atoms with Gasteiger partial charge < -0.3 is 15.7 Å². The summed E-state index contributed by atoms with van der Waals surface area (Å²) in [6.07, 6.45) is 8.71. The van der Waals surface area contributed by atoms with E-state index in [-0.39, 0.29) is 24.8 Å². The highest BCUT2D eigenvalue weighted by atomic mass is 16.4. The lowest BCUT2D eigenvalue weighted by Gasteiger charge is -2.09. The van der Waals surface area contributed by atoms with Crippen LogP contribution in [0.3, 0.4) is 0 Å². The number of carbonyl (C=O) groups is 3. The van der Waals surface area contributed by atoms with Crippen LogP contribution in [0.25, 0.3) is 0 Å². The van der Waals surface area contributed by atoms with Gasteiger partial charge in [-0.3, -0.25) is 14.4 Å². The summed E-state index contributed by atoms with van der Waals surface area (Å²) >= 11 is 0. The Kier molecular flexibility index (Phi) is 12.2. The lowest BCUT2D eigenvalue weighted by molar-refractivity contribution is -0.141. The lowest BCUT2D eigenvalue weighted by atomic mass is 10.1. The highest BCUT2D eigenvalue weighted by Gasteiger charge is 2.13. The van der Waals surface area contributed by atoms with Crippen molar-refractivity contribution in [3.63, 3.8) is 0 Å². The van der Waals surface area contributed by atoms with Gasteiger partial charge in [0.1, 0.15) is 6.04 Å². The molecule has 0 fully saturated rings. The van der Waals surface area contributed by atoms with Gasteiger partial charge in [0.25, 0.3) is 0 Å². The molecular formula is C16H30N2O4. The summed E-state index contributed by atoms with van der Waals surface area (Å²) < 4.78 is 0. The molecule has 0 radical (unpaired) electrons. The molecule has 0 bridgehead atoms. The molecule has 0 aromatic rings. The quantitative estimate of drug-likeness (QED) is 0.454. The Morgan fingerprint density at radius 2 is 1.50 bits per heavy atom. The Hall–Kier alpha value is -1.59. The molecule has 1 atom stereocenters. The Bertz CT molecular complexity index is 345. The molecule has 0 aliphatic heterocycles. The summed E-state index contributed by atoms with van der Waals surface area (Å²) in [6.45, 7) is 3.83. The zero-order valence-corrected chi connectivity index (χ0v) is 13.8. The van der Waals surface area contributed by atoms with E-state index in [1.807, 2.05) is 0 Å². The molecule has 0 rings (SSSR count). The van der Waals surface area contributed by atoms with Crippen molar-refractivity contribution in [1.82, 2.24) is 10.6 Å². The van der Waals surface area contributed by atoms with Gasteiger partial charge in [-0.25, -0.2) is 0 Å². The largest absolute Gasteiger partial charge is 0.480 e. The number of nitrogens with one attached hydrogen (secondary N) is 2. The molecule has 6 heteroatoms. The fourth-order valence-electron chi connectivity index (χ4n) is 2.02. The van der Waals surface area contributed by atoms with E-state index in [2.05, 4.69) is 17.6 Å². The maximum absolute atomic E-state index is 11.6. The van der Waals surface area contributed by atoms with E-state index in [9.17, 15) is 14.4 Å². The first-order chi connectivity index (χ1) is 10.5. The van der Waals surface area contributed by atoms with E-state index < -0.39 is 12.0 Å². The minimum absolute atomic E-state index is 0.0485. The third-order valence-corrected chi connectivity index (χ3v) is 3.43. The fourth-order valence-corrected chi connectivity index (χ4v) is 2.02. The van der Waals surface area contributed by atoms with Crippen molar-refractivity contribution >= 4 is 17.8 Å². The van der Waals surface area contributed by atoms with Gasteiger partial charge in [-0.05, 0) is 13.3 Å². The molecule has 0 aliphatic rings. The maximum atomic E-state index is 11.6. The van der Waals surface area contributed by atoms with Crippen molar-refractivity contribution in [1.29, 1.82) is 0 Å². The third-order valence-electron chi connectivity index (χ3n) is 3.43. The maximum Gasteiger partial charge on any atom is 0.325 e. The molecular weight excluding hydrogens is 284 g/mol. The van der Waals surface area contributed by atoms with Crippen LogP contribution < -0.4 is 10.6 Å². The number of carbonyl (C=O) groups excluding carboxylic acids is 2. The van der Waals surface area contributed by atoms with E-state index in [4.69, 9.17) is 5.11 Å². The first-order valence-electron chi connectivity index (χ1n) is 8.26. The number of amides is 2. The number of carboxylic acid groups (broad SMARTS) is 1. The summed E-state index contributed by atoms with van der Waals surface area (Å²) in [6, 6.07) is -0.907. The molecule has 0 aromatic heterocycles. The van der Waals surface area contributed by atoms with Crippen LogP contribution in [-0.4, -0.2) is 35.5 Å². The Balaban J connectivity index is 3.49. The Morgan fingerprint density at radius 1 is 0.909 bits per heavy atom. The SMILES string of the molecule is CCCCCCCCCC(=O)NCCC(=O)NC(C)C(=O)O. The molecule has 0 saturated carbocycles. The predicted octanol–water partition coefficient (Wildman–Crippen LogP) is 2.22. The van der Waals surface area contributed by atoms with E-state index in [1.54, 1.807) is 0 Å². The van der Waals surface area contributed by atoms with Crippen LogP contribution in [0.1, 0.15) is 71.6 Å². The van der Waals surface area contributed by atoms with Crippen molar-refractivity contribution < 1.29 is 19.5 Å². The second kappa shape index (κ2) is 13.1. The van der Waals surface area contributed by atoms with Gasteiger partial charge in [-0.15, -0.1) is 0 Å². The number of hydrogen-bond acceptors (Lipinski definition) is 3. The summed E-state index contributed by atoms with van der Waals surface area (Å²) in [5.41, 5.74) is 0. The second-order valence-corrected chi connectivity index (χ2v) is 5.60. The van der Waals surface area contributed by atoms with Gasteiger partial charge in [-0.2, -0.15) is 0 Å². The predicted molar refractivity (Wildman–Crippen MR) is 85.5 cm³/mol. The Labute approximate surface area is 133 Å². The fraction of sp³-hybridized carbons (Fsp3) is 0.812. The minimum Gasteiger partial charge on any atom is -0.480 e. The van der Waals surface area contributed by atoms with Crippen LogP contribution in [0.2, 0.25) is 0 Å². The summed E-state index contributed by atoms with van der Waals surface area (Å²) in [5.74, 6) is -1.49. The molecule has 6 nitrogen and oxygen atoms in total. The number of aliphatic carboxylic acids is 1. The number of rotatable bonds is 13. The molecule has 128 valence electrons. The summed E-state index contributed by atoms with van der Waals surface area (Å²) in [5, 5.41) is 13.7. The van der Waals surface area contributed by atoms with Crippen LogP contribution in [0.4, 0.5) is 0 Å². The van der Waals surface area contributed by atoms with Crippen LogP contribution in [0, 0.1) is 0 Å². The van der Waals surface area contributed by atoms with Gasteiger partial charge in [0.05, 0.1) is 0 Å². The molecule has 0 saturated heterocycles. The van der Waals surface area contributed by atoms with Gasteiger partial charge in [0.15, 0.2) is 0 Å². The summed E-state index contributed by atoms with van der Waals surface area (Å²) in [4.78, 5) is 33.5.